The Morgan fingerprint density at radius 2 is 2.19 bits per heavy atom. The summed E-state index contributed by atoms with van der Waals surface area (Å²) in [6, 6.07) is 12.7. The lowest BCUT2D eigenvalue weighted by molar-refractivity contribution is 0.882. The number of rotatable bonds is 2. The summed E-state index contributed by atoms with van der Waals surface area (Å²) in [5, 5.41) is 8.35. The first kappa shape index (κ1) is 13.1. The van der Waals surface area contributed by atoms with Crippen molar-refractivity contribution in [2.24, 2.45) is 0 Å². The summed E-state index contributed by atoms with van der Waals surface area (Å²) in [6.07, 6.45) is 1.03. The number of aromatic nitrogens is 2. The molecule has 0 amide bonds. The van der Waals surface area contributed by atoms with Crippen LogP contribution in [-0.4, -0.2) is 16.3 Å². The highest BCUT2D eigenvalue weighted by molar-refractivity contribution is 9.11. The Balaban J connectivity index is 1.90. The summed E-state index contributed by atoms with van der Waals surface area (Å²) in [5.41, 5.74) is 4.79. The molecule has 2 aromatic heterocycles. The van der Waals surface area contributed by atoms with E-state index in [1.165, 1.54) is 16.0 Å². The first-order valence-corrected chi connectivity index (χ1v) is 8.52. The molecule has 0 radical (unpaired) electrons. The van der Waals surface area contributed by atoms with Crippen molar-refractivity contribution in [2.75, 3.05) is 11.9 Å². The number of aryl methyl sites for hydroxylation is 1. The molecule has 0 unspecified atom stereocenters. The molecular weight excluding hydrogens is 346 g/mol. The number of hydrogen-bond acceptors (Lipinski definition) is 3. The maximum absolute atomic E-state index is 4.87. The van der Waals surface area contributed by atoms with Crippen LogP contribution in [0.1, 0.15) is 11.1 Å². The molecule has 0 saturated carbocycles. The Kier molecular flexibility index (Phi) is 3.12. The molecule has 0 saturated heterocycles. The minimum Gasteiger partial charge on any atom is -0.369 e. The minimum absolute atomic E-state index is 0.985. The molecule has 4 rings (SSSR count). The molecule has 0 aliphatic carbocycles. The van der Waals surface area contributed by atoms with Crippen LogP contribution in [0.4, 0.5) is 5.82 Å². The van der Waals surface area contributed by atoms with Gasteiger partial charge >= 0.3 is 0 Å². The SMILES string of the molecule is Cc1cccc(-n2nc(-c3ccc(Br)s3)c3c2NCC3)c1. The van der Waals surface area contributed by atoms with Crippen molar-refractivity contribution in [3.8, 4) is 16.3 Å². The monoisotopic (exact) mass is 359 g/mol. The van der Waals surface area contributed by atoms with Crippen molar-refractivity contribution in [1.82, 2.24) is 9.78 Å². The number of nitrogens with zero attached hydrogens (tertiary/aromatic N) is 2. The fourth-order valence-electron chi connectivity index (χ4n) is 2.76. The van der Waals surface area contributed by atoms with E-state index in [2.05, 4.69) is 64.6 Å². The van der Waals surface area contributed by atoms with Gasteiger partial charge in [0.15, 0.2) is 0 Å². The molecule has 0 bridgehead atoms. The van der Waals surface area contributed by atoms with Crippen LogP contribution in [-0.2, 0) is 6.42 Å². The molecule has 0 atom stereocenters. The second kappa shape index (κ2) is 5.00. The number of nitrogens with one attached hydrogen (secondary N) is 1. The summed E-state index contributed by atoms with van der Waals surface area (Å²) < 4.78 is 3.18. The zero-order valence-electron chi connectivity index (χ0n) is 11.6. The van der Waals surface area contributed by atoms with Gasteiger partial charge in [-0.05, 0) is 59.1 Å². The van der Waals surface area contributed by atoms with Gasteiger partial charge in [0.1, 0.15) is 11.5 Å². The highest BCUT2D eigenvalue weighted by atomic mass is 79.9. The first-order valence-electron chi connectivity index (χ1n) is 6.91. The number of fused-ring (bicyclic) bond motifs is 1. The zero-order valence-corrected chi connectivity index (χ0v) is 14.0. The van der Waals surface area contributed by atoms with Crippen molar-refractivity contribution < 1.29 is 0 Å². The van der Waals surface area contributed by atoms with Crippen LogP contribution in [0.3, 0.4) is 0 Å². The Hall–Kier alpha value is -1.59. The van der Waals surface area contributed by atoms with Gasteiger partial charge in [0.25, 0.3) is 0 Å². The lowest BCUT2D eigenvalue weighted by Gasteiger charge is -2.06. The van der Waals surface area contributed by atoms with Crippen LogP contribution in [0.5, 0.6) is 0 Å². The Bertz CT molecular complexity index is 819. The van der Waals surface area contributed by atoms with Gasteiger partial charge in [-0.3, -0.25) is 0 Å². The van der Waals surface area contributed by atoms with E-state index >= 15 is 0 Å². The third-order valence-electron chi connectivity index (χ3n) is 3.70. The summed E-state index contributed by atoms with van der Waals surface area (Å²) in [6.45, 7) is 3.09. The van der Waals surface area contributed by atoms with E-state index < -0.39 is 0 Å². The molecule has 1 aromatic carbocycles. The Morgan fingerprint density at radius 3 is 2.95 bits per heavy atom. The van der Waals surface area contributed by atoms with Gasteiger partial charge in [-0.15, -0.1) is 11.3 Å². The lowest BCUT2D eigenvalue weighted by Crippen LogP contribution is -2.04. The molecule has 3 heterocycles. The van der Waals surface area contributed by atoms with Gasteiger partial charge in [-0.1, -0.05) is 12.1 Å². The molecule has 106 valence electrons. The number of halogens is 1. The van der Waals surface area contributed by atoms with Gasteiger partial charge in [-0.25, -0.2) is 4.68 Å². The topological polar surface area (TPSA) is 29.9 Å². The van der Waals surface area contributed by atoms with E-state index in [0.717, 1.165) is 34.0 Å². The predicted octanol–water partition coefficient (Wildman–Crippen LogP) is 4.64. The van der Waals surface area contributed by atoms with Crippen molar-refractivity contribution in [3.63, 3.8) is 0 Å². The molecule has 0 spiro atoms. The van der Waals surface area contributed by atoms with E-state index in [9.17, 15) is 0 Å². The maximum Gasteiger partial charge on any atom is 0.133 e. The lowest BCUT2D eigenvalue weighted by atomic mass is 10.2. The average molecular weight is 360 g/mol. The molecular formula is C16H14BrN3S. The zero-order chi connectivity index (χ0) is 14.4. The highest BCUT2D eigenvalue weighted by Crippen LogP contribution is 2.38. The predicted molar refractivity (Wildman–Crippen MR) is 91.5 cm³/mol. The largest absolute Gasteiger partial charge is 0.369 e. The van der Waals surface area contributed by atoms with Crippen LogP contribution in [0.25, 0.3) is 16.3 Å². The van der Waals surface area contributed by atoms with E-state index in [1.807, 2.05) is 4.68 Å². The minimum atomic E-state index is 0.985. The first-order chi connectivity index (χ1) is 10.2. The van der Waals surface area contributed by atoms with E-state index in [4.69, 9.17) is 5.10 Å². The molecule has 1 N–H and O–H groups in total. The Labute approximate surface area is 135 Å². The van der Waals surface area contributed by atoms with Gasteiger partial charge in [0.2, 0.25) is 0 Å². The van der Waals surface area contributed by atoms with E-state index in [-0.39, 0.29) is 0 Å². The van der Waals surface area contributed by atoms with Gasteiger partial charge in [-0.2, -0.15) is 5.10 Å². The van der Waals surface area contributed by atoms with E-state index in [0.29, 0.717) is 0 Å². The normalized spacial score (nSPS) is 13.2. The molecule has 1 aliphatic rings. The number of hydrogen-bond donors (Lipinski definition) is 1. The maximum atomic E-state index is 4.87. The summed E-state index contributed by atoms with van der Waals surface area (Å²) in [7, 11) is 0. The molecule has 21 heavy (non-hydrogen) atoms. The standard InChI is InChI=1S/C16H14BrN3S/c1-10-3-2-4-11(9-10)20-16-12(7-8-18-16)15(19-20)13-5-6-14(17)21-13/h2-6,9,18H,7-8H2,1H3. The summed E-state index contributed by atoms with van der Waals surface area (Å²) in [4.78, 5) is 1.22. The second-order valence-electron chi connectivity index (χ2n) is 5.21. The smallest absolute Gasteiger partial charge is 0.133 e. The van der Waals surface area contributed by atoms with Crippen LogP contribution in [0.15, 0.2) is 40.2 Å². The van der Waals surface area contributed by atoms with Crippen molar-refractivity contribution >= 4 is 33.1 Å². The average Bonchev–Trinajstić information content (AvgIpc) is 3.14. The fourth-order valence-corrected chi connectivity index (χ4v) is 4.16. The van der Waals surface area contributed by atoms with Gasteiger partial charge < -0.3 is 5.32 Å². The number of benzene rings is 1. The van der Waals surface area contributed by atoms with Crippen molar-refractivity contribution in [3.05, 3.63) is 51.3 Å². The Morgan fingerprint density at radius 1 is 1.29 bits per heavy atom. The van der Waals surface area contributed by atoms with Crippen molar-refractivity contribution in [1.29, 1.82) is 0 Å². The van der Waals surface area contributed by atoms with Crippen LogP contribution in [0.2, 0.25) is 0 Å². The summed E-state index contributed by atoms with van der Waals surface area (Å²) in [5.74, 6) is 1.14. The van der Waals surface area contributed by atoms with Crippen LogP contribution >= 0.6 is 27.3 Å². The number of thiophene rings is 1. The highest BCUT2D eigenvalue weighted by Gasteiger charge is 2.24. The molecule has 5 heteroatoms. The third kappa shape index (κ3) is 2.21. The summed E-state index contributed by atoms with van der Waals surface area (Å²) >= 11 is 5.27. The van der Waals surface area contributed by atoms with Gasteiger partial charge in [0.05, 0.1) is 14.4 Å². The second-order valence-corrected chi connectivity index (χ2v) is 7.67. The van der Waals surface area contributed by atoms with Gasteiger partial charge in [0, 0.05) is 12.1 Å². The fraction of sp³-hybridized carbons (Fsp3) is 0.188. The van der Waals surface area contributed by atoms with Crippen LogP contribution < -0.4 is 5.32 Å². The molecule has 0 fully saturated rings. The molecule has 3 nitrogen and oxygen atoms in total. The number of anilines is 1. The third-order valence-corrected chi connectivity index (χ3v) is 5.33. The quantitative estimate of drug-likeness (QED) is 0.722. The van der Waals surface area contributed by atoms with E-state index in [1.54, 1.807) is 11.3 Å². The molecule has 1 aliphatic heterocycles. The molecule has 3 aromatic rings. The van der Waals surface area contributed by atoms with Crippen LogP contribution in [0, 0.1) is 6.92 Å². The van der Waals surface area contributed by atoms with Crippen molar-refractivity contribution in [2.45, 2.75) is 13.3 Å².